The van der Waals surface area contributed by atoms with Crippen molar-refractivity contribution in [2.24, 2.45) is 0 Å². The molecule has 4 aromatic rings. The Hall–Kier alpha value is -3.20. The molecule has 3 heteroatoms. The molecule has 34 heavy (non-hydrogen) atoms. The van der Waals surface area contributed by atoms with E-state index >= 15 is 0 Å². The quantitative estimate of drug-likeness (QED) is 0.258. The van der Waals surface area contributed by atoms with Gasteiger partial charge in [0.15, 0.2) is 0 Å². The van der Waals surface area contributed by atoms with E-state index in [-0.39, 0.29) is 0 Å². The maximum absolute atomic E-state index is 6.03. The van der Waals surface area contributed by atoms with Crippen LogP contribution in [0, 0.1) is 13.8 Å². The highest BCUT2D eigenvalue weighted by atomic mass is 35.5. The van der Waals surface area contributed by atoms with E-state index in [9.17, 15) is 0 Å². The van der Waals surface area contributed by atoms with Crippen LogP contribution in [-0.4, -0.2) is 7.05 Å². The van der Waals surface area contributed by atoms with E-state index in [2.05, 4.69) is 99.6 Å². The van der Waals surface area contributed by atoms with E-state index in [4.69, 9.17) is 11.6 Å². The Morgan fingerprint density at radius 3 is 2.03 bits per heavy atom. The molecule has 0 radical (unpaired) electrons. The summed E-state index contributed by atoms with van der Waals surface area (Å²) in [7, 11) is 2.05. The number of nitrogens with zero attached hydrogens (tertiary/aromatic N) is 1. The molecule has 0 spiro atoms. The fraction of sp³-hybridized carbons (Fsp3) is 0.0968. The predicted octanol–water partition coefficient (Wildman–Crippen LogP) is 9.58. The second-order valence-corrected chi connectivity index (χ2v) is 9.99. The Morgan fingerprint density at radius 1 is 0.765 bits per heavy atom. The van der Waals surface area contributed by atoms with Crippen molar-refractivity contribution in [2.75, 3.05) is 11.9 Å². The molecule has 0 aliphatic rings. The zero-order valence-electron chi connectivity index (χ0n) is 19.8. The molecule has 0 N–H and O–H groups in total. The van der Waals surface area contributed by atoms with E-state index in [1.54, 1.807) is 11.8 Å². The van der Waals surface area contributed by atoms with Crippen LogP contribution in [0.15, 0.2) is 108 Å². The third-order valence-electron chi connectivity index (χ3n) is 6.04. The second-order valence-electron chi connectivity index (χ2n) is 8.40. The van der Waals surface area contributed by atoms with Crippen molar-refractivity contribution >= 4 is 46.4 Å². The first kappa shape index (κ1) is 23.9. The van der Waals surface area contributed by atoms with Crippen LogP contribution in [0.3, 0.4) is 0 Å². The Balaban J connectivity index is 1.58. The summed E-state index contributed by atoms with van der Waals surface area (Å²) in [6.45, 7) is 12.7. The van der Waals surface area contributed by atoms with Gasteiger partial charge in [-0.15, -0.1) is 0 Å². The van der Waals surface area contributed by atoms with E-state index in [0.29, 0.717) is 0 Å². The van der Waals surface area contributed by atoms with Gasteiger partial charge in [0.1, 0.15) is 0 Å². The minimum Gasteiger partial charge on any atom is -0.345 e. The summed E-state index contributed by atoms with van der Waals surface area (Å²) in [5.41, 5.74) is 9.07. The molecule has 0 fully saturated rings. The van der Waals surface area contributed by atoms with Crippen LogP contribution >= 0.6 is 23.4 Å². The van der Waals surface area contributed by atoms with Crippen LogP contribution in [0.2, 0.25) is 5.02 Å². The zero-order chi connectivity index (χ0) is 24.2. The molecular formula is C31H28ClNS. The van der Waals surface area contributed by atoms with Gasteiger partial charge in [-0.05, 0) is 114 Å². The standard InChI is InChI=1S/C31H28ClNS/c1-6-24-18-26(20-31(19-24)34-30-16-7-21(2)22(3)17-30)23(4)25-8-12-28(13-9-25)33(5)29-14-10-27(32)11-15-29/h6-20H,1,4H2,2-3,5H3. The van der Waals surface area contributed by atoms with Gasteiger partial charge in [0, 0.05) is 33.2 Å². The minimum absolute atomic E-state index is 0.737. The maximum atomic E-state index is 6.03. The number of hydrogen-bond acceptors (Lipinski definition) is 2. The monoisotopic (exact) mass is 481 g/mol. The average molecular weight is 482 g/mol. The first-order chi connectivity index (χ1) is 16.3. The van der Waals surface area contributed by atoms with Crippen LogP contribution in [0.25, 0.3) is 11.6 Å². The lowest BCUT2D eigenvalue weighted by atomic mass is 9.97. The molecule has 0 aromatic heterocycles. The first-order valence-corrected chi connectivity index (χ1v) is 12.3. The van der Waals surface area contributed by atoms with Gasteiger partial charge in [-0.2, -0.15) is 0 Å². The summed E-state index contributed by atoms with van der Waals surface area (Å²) < 4.78 is 0. The van der Waals surface area contributed by atoms with E-state index in [0.717, 1.165) is 38.7 Å². The third-order valence-corrected chi connectivity index (χ3v) is 7.26. The Bertz CT molecular complexity index is 1340. The SMILES string of the molecule is C=Cc1cc(Sc2ccc(C)c(C)c2)cc(C(=C)c2ccc(N(C)c3ccc(Cl)cc3)cc2)c1. The lowest BCUT2D eigenvalue weighted by Gasteiger charge is -2.20. The zero-order valence-corrected chi connectivity index (χ0v) is 21.4. The topological polar surface area (TPSA) is 3.24 Å². The van der Waals surface area contributed by atoms with Crippen molar-refractivity contribution < 1.29 is 0 Å². The van der Waals surface area contributed by atoms with Crippen molar-refractivity contribution in [3.8, 4) is 0 Å². The van der Waals surface area contributed by atoms with Crippen LogP contribution in [-0.2, 0) is 0 Å². The van der Waals surface area contributed by atoms with Crippen molar-refractivity contribution in [3.63, 3.8) is 0 Å². The normalized spacial score (nSPS) is 10.7. The Morgan fingerprint density at radius 2 is 1.41 bits per heavy atom. The Labute approximate surface area is 212 Å². The van der Waals surface area contributed by atoms with Gasteiger partial charge in [-0.3, -0.25) is 0 Å². The fourth-order valence-electron chi connectivity index (χ4n) is 3.75. The molecule has 170 valence electrons. The van der Waals surface area contributed by atoms with Gasteiger partial charge in [-0.25, -0.2) is 0 Å². The second kappa shape index (κ2) is 10.4. The maximum Gasteiger partial charge on any atom is 0.0409 e. The number of halogens is 1. The number of rotatable bonds is 7. The third kappa shape index (κ3) is 5.47. The number of aryl methyl sites for hydroxylation is 2. The van der Waals surface area contributed by atoms with Crippen LogP contribution < -0.4 is 4.90 Å². The molecule has 0 unspecified atom stereocenters. The van der Waals surface area contributed by atoms with Crippen LogP contribution in [0.5, 0.6) is 0 Å². The van der Waals surface area contributed by atoms with Crippen molar-refractivity contribution in [1.82, 2.24) is 0 Å². The molecule has 0 saturated heterocycles. The molecular weight excluding hydrogens is 454 g/mol. The summed E-state index contributed by atoms with van der Waals surface area (Å²) in [5.74, 6) is 0. The Kier molecular flexibility index (Phi) is 7.31. The van der Waals surface area contributed by atoms with Crippen molar-refractivity contribution in [1.29, 1.82) is 0 Å². The highest BCUT2D eigenvalue weighted by molar-refractivity contribution is 7.99. The molecule has 1 nitrogen and oxygen atoms in total. The highest BCUT2D eigenvalue weighted by Gasteiger charge is 2.09. The molecule has 0 atom stereocenters. The molecule has 0 saturated carbocycles. The van der Waals surface area contributed by atoms with E-state index < -0.39 is 0 Å². The minimum atomic E-state index is 0.737. The summed E-state index contributed by atoms with van der Waals surface area (Å²) >= 11 is 7.80. The lowest BCUT2D eigenvalue weighted by molar-refractivity contribution is 1.21. The average Bonchev–Trinajstić information content (AvgIpc) is 2.85. The molecule has 4 aromatic carbocycles. The largest absolute Gasteiger partial charge is 0.345 e. The van der Waals surface area contributed by atoms with Gasteiger partial charge in [0.05, 0.1) is 0 Å². The molecule has 0 aliphatic heterocycles. The molecule has 0 amide bonds. The van der Waals surface area contributed by atoms with Gasteiger partial charge < -0.3 is 4.90 Å². The van der Waals surface area contributed by atoms with Gasteiger partial charge >= 0.3 is 0 Å². The van der Waals surface area contributed by atoms with Crippen molar-refractivity contribution in [3.05, 3.63) is 131 Å². The summed E-state index contributed by atoms with van der Waals surface area (Å²) in [4.78, 5) is 4.55. The number of benzene rings is 4. The van der Waals surface area contributed by atoms with E-state index in [1.807, 2.05) is 30.3 Å². The molecule has 0 aliphatic carbocycles. The molecule has 0 bridgehead atoms. The number of hydrogen-bond donors (Lipinski definition) is 0. The summed E-state index contributed by atoms with van der Waals surface area (Å²) in [6.07, 6.45) is 1.89. The van der Waals surface area contributed by atoms with E-state index in [1.165, 1.54) is 20.9 Å². The highest BCUT2D eigenvalue weighted by Crippen LogP contribution is 2.34. The van der Waals surface area contributed by atoms with Gasteiger partial charge in [0.2, 0.25) is 0 Å². The van der Waals surface area contributed by atoms with Gasteiger partial charge in [0.25, 0.3) is 0 Å². The molecule has 4 rings (SSSR count). The van der Waals surface area contributed by atoms with Crippen LogP contribution in [0.4, 0.5) is 11.4 Å². The van der Waals surface area contributed by atoms with Crippen LogP contribution in [0.1, 0.15) is 27.8 Å². The first-order valence-electron chi connectivity index (χ1n) is 11.2. The predicted molar refractivity (Wildman–Crippen MR) is 151 cm³/mol. The van der Waals surface area contributed by atoms with Gasteiger partial charge in [-0.1, -0.05) is 60.8 Å². The summed E-state index contributed by atoms with van der Waals surface area (Å²) in [6, 6.07) is 29.5. The smallest absolute Gasteiger partial charge is 0.0409 e. The number of anilines is 2. The summed E-state index contributed by atoms with van der Waals surface area (Å²) in [5, 5.41) is 0.737. The van der Waals surface area contributed by atoms with Crippen molar-refractivity contribution in [2.45, 2.75) is 23.6 Å². The lowest BCUT2D eigenvalue weighted by Crippen LogP contribution is -2.09. The fourth-order valence-corrected chi connectivity index (χ4v) is 4.90. The molecule has 0 heterocycles.